The van der Waals surface area contributed by atoms with Crippen LogP contribution < -0.4 is 0 Å². The van der Waals surface area contributed by atoms with Gasteiger partial charge in [-0.05, 0) is 18.0 Å². The molecule has 3 aliphatic rings. The summed E-state index contributed by atoms with van der Waals surface area (Å²) in [6, 6.07) is 20.2. The largest absolute Gasteiger partial charge is 0.355 e. The molecule has 2 aromatic carbocycles. The van der Waals surface area contributed by atoms with Gasteiger partial charge in [-0.1, -0.05) is 81.4 Å². The molecule has 3 aliphatic heterocycles. The third kappa shape index (κ3) is 4.23. The van der Waals surface area contributed by atoms with Crippen molar-refractivity contribution in [3.8, 4) is 0 Å². The first-order valence-electron chi connectivity index (χ1n) is 11.7. The van der Waals surface area contributed by atoms with Gasteiger partial charge in [-0.15, -0.1) is 0 Å². The zero-order valence-corrected chi connectivity index (χ0v) is 19.0. The first-order chi connectivity index (χ1) is 15.7. The van der Waals surface area contributed by atoms with Crippen molar-refractivity contribution in [1.82, 2.24) is 4.90 Å². The van der Waals surface area contributed by atoms with E-state index < -0.39 is 12.6 Å². The van der Waals surface area contributed by atoms with Gasteiger partial charge in [0.15, 0.2) is 12.6 Å². The first-order valence-corrected chi connectivity index (χ1v) is 11.7. The lowest BCUT2D eigenvalue weighted by Crippen LogP contribution is -2.63. The van der Waals surface area contributed by atoms with Crippen molar-refractivity contribution in [3.05, 3.63) is 71.8 Å². The maximum atomic E-state index is 6.65. The highest BCUT2D eigenvalue weighted by molar-refractivity contribution is 5.17. The van der Waals surface area contributed by atoms with Crippen molar-refractivity contribution >= 4 is 0 Å². The minimum atomic E-state index is -0.416. The number of likely N-dealkylation sites (N-methyl/N-ethyl adjacent to an activating group) is 1. The second-order valence-electron chi connectivity index (χ2n) is 9.07. The molecule has 3 saturated heterocycles. The Labute approximate surface area is 190 Å². The Kier molecular flexibility index (Phi) is 6.60. The maximum Gasteiger partial charge on any atom is 0.184 e. The molecule has 5 rings (SSSR count). The predicted octanol–water partition coefficient (Wildman–Crippen LogP) is 4.11. The molecule has 6 nitrogen and oxygen atoms in total. The quantitative estimate of drug-likeness (QED) is 0.675. The Bertz CT molecular complexity index is 863. The van der Waals surface area contributed by atoms with Crippen LogP contribution in [0.1, 0.15) is 38.2 Å². The van der Waals surface area contributed by atoms with Crippen LogP contribution in [0.4, 0.5) is 0 Å². The second-order valence-corrected chi connectivity index (χ2v) is 9.07. The molecular weight excluding hydrogens is 406 g/mol. The van der Waals surface area contributed by atoms with Crippen molar-refractivity contribution in [3.63, 3.8) is 0 Å². The number of hydrogen-bond donors (Lipinski definition) is 0. The highest BCUT2D eigenvalue weighted by atomic mass is 16.8. The standard InChI is InChI=1S/C26H33NO5/c1-4-27-21-23(31-24(27)17(2)3)22-20(16-29-25(32-22)19-13-9-6-10-14-19)30-26(21)28-15-18-11-7-5-8-12-18/h5-14,17,20-26H,4,15-16H2,1-3H3/t20-,21-,22-,23+,24+,25?,26-/m1/s1. The average Bonchev–Trinajstić information content (AvgIpc) is 3.24. The van der Waals surface area contributed by atoms with E-state index in [1.807, 2.05) is 48.5 Å². The molecule has 0 radical (unpaired) electrons. The van der Waals surface area contributed by atoms with Gasteiger partial charge in [0.2, 0.25) is 0 Å². The third-order valence-corrected chi connectivity index (χ3v) is 6.58. The van der Waals surface area contributed by atoms with Crippen LogP contribution in [0.3, 0.4) is 0 Å². The second kappa shape index (κ2) is 9.59. The SMILES string of the molecule is CCN1[C@H]2[C@H](OCc3ccccc3)O[C@@H]3COC(c4ccccc4)O[C@H]3[C@H]2O[C@H]1C(C)C. The van der Waals surface area contributed by atoms with E-state index in [1.54, 1.807) is 0 Å². The van der Waals surface area contributed by atoms with Crippen molar-refractivity contribution in [1.29, 1.82) is 0 Å². The van der Waals surface area contributed by atoms with Gasteiger partial charge < -0.3 is 23.7 Å². The lowest BCUT2D eigenvalue weighted by atomic mass is 9.95. The lowest BCUT2D eigenvalue weighted by Gasteiger charge is -2.47. The molecule has 0 amide bonds. The fraction of sp³-hybridized carbons (Fsp3) is 0.538. The zero-order chi connectivity index (χ0) is 22.1. The molecule has 2 aromatic rings. The van der Waals surface area contributed by atoms with Crippen molar-refractivity contribution in [2.75, 3.05) is 13.2 Å². The summed E-state index contributed by atoms with van der Waals surface area (Å²) in [5.41, 5.74) is 2.13. The number of hydrogen-bond acceptors (Lipinski definition) is 6. The molecule has 0 N–H and O–H groups in total. The molecule has 0 spiro atoms. The number of ether oxygens (including phenoxy) is 5. The summed E-state index contributed by atoms with van der Waals surface area (Å²) >= 11 is 0. The normalized spacial score (nSPS) is 34.9. The minimum Gasteiger partial charge on any atom is -0.355 e. The van der Waals surface area contributed by atoms with E-state index in [-0.39, 0.29) is 30.6 Å². The van der Waals surface area contributed by atoms with Crippen molar-refractivity contribution in [2.24, 2.45) is 5.92 Å². The van der Waals surface area contributed by atoms with Gasteiger partial charge in [0.25, 0.3) is 0 Å². The van der Waals surface area contributed by atoms with E-state index in [9.17, 15) is 0 Å². The summed E-state index contributed by atoms with van der Waals surface area (Å²) in [5.74, 6) is 0.346. The molecule has 0 aromatic heterocycles. The lowest BCUT2D eigenvalue weighted by molar-refractivity contribution is -0.343. The van der Waals surface area contributed by atoms with Gasteiger partial charge in [-0.25, -0.2) is 0 Å². The third-order valence-electron chi connectivity index (χ3n) is 6.58. The Morgan fingerprint density at radius 3 is 2.34 bits per heavy atom. The molecule has 1 unspecified atom stereocenters. The summed E-state index contributed by atoms with van der Waals surface area (Å²) in [6.07, 6.45) is -1.42. The molecule has 0 saturated carbocycles. The summed E-state index contributed by atoms with van der Waals surface area (Å²) in [7, 11) is 0. The van der Waals surface area contributed by atoms with Crippen LogP contribution in [0.25, 0.3) is 0 Å². The molecule has 6 heteroatoms. The molecule has 32 heavy (non-hydrogen) atoms. The smallest absolute Gasteiger partial charge is 0.184 e. The molecule has 0 bridgehead atoms. The summed E-state index contributed by atoms with van der Waals surface area (Å²) in [5, 5.41) is 0. The van der Waals surface area contributed by atoms with E-state index in [1.165, 1.54) is 0 Å². The van der Waals surface area contributed by atoms with E-state index >= 15 is 0 Å². The molecule has 7 atom stereocenters. The van der Waals surface area contributed by atoms with Gasteiger partial charge in [0.1, 0.15) is 24.5 Å². The van der Waals surface area contributed by atoms with E-state index in [4.69, 9.17) is 23.7 Å². The number of benzene rings is 2. The maximum absolute atomic E-state index is 6.65. The Morgan fingerprint density at radius 1 is 0.938 bits per heavy atom. The van der Waals surface area contributed by atoms with Crippen LogP contribution in [0, 0.1) is 5.92 Å². The monoisotopic (exact) mass is 439 g/mol. The predicted molar refractivity (Wildman–Crippen MR) is 120 cm³/mol. The summed E-state index contributed by atoms with van der Waals surface area (Å²) in [4.78, 5) is 2.37. The van der Waals surface area contributed by atoms with Crippen LogP contribution in [-0.4, -0.2) is 54.9 Å². The van der Waals surface area contributed by atoms with Crippen LogP contribution in [0.5, 0.6) is 0 Å². The highest BCUT2D eigenvalue weighted by Crippen LogP contribution is 2.42. The number of nitrogens with zero attached hydrogens (tertiary/aromatic N) is 1. The van der Waals surface area contributed by atoms with Gasteiger partial charge in [0.05, 0.1) is 19.3 Å². The fourth-order valence-electron chi connectivity index (χ4n) is 5.07. The van der Waals surface area contributed by atoms with Gasteiger partial charge in [-0.2, -0.15) is 0 Å². The average molecular weight is 440 g/mol. The molecule has 0 aliphatic carbocycles. The molecular formula is C26H33NO5. The van der Waals surface area contributed by atoms with Crippen molar-refractivity contribution < 1.29 is 23.7 Å². The summed E-state index contributed by atoms with van der Waals surface area (Å²) < 4.78 is 32.0. The molecule has 172 valence electrons. The molecule has 3 fully saturated rings. The van der Waals surface area contributed by atoms with E-state index in [0.717, 1.165) is 17.7 Å². The zero-order valence-electron chi connectivity index (χ0n) is 19.0. The molecule has 3 heterocycles. The van der Waals surface area contributed by atoms with Crippen molar-refractivity contribution in [2.45, 2.75) is 70.5 Å². The first kappa shape index (κ1) is 22.0. The highest BCUT2D eigenvalue weighted by Gasteiger charge is 2.58. The summed E-state index contributed by atoms with van der Waals surface area (Å²) in [6.45, 7) is 8.35. The van der Waals surface area contributed by atoms with Crippen LogP contribution >= 0.6 is 0 Å². The Hall–Kier alpha value is -1.80. The number of fused-ring (bicyclic) bond motifs is 3. The van der Waals surface area contributed by atoms with Gasteiger partial charge >= 0.3 is 0 Å². The van der Waals surface area contributed by atoms with Crippen LogP contribution in [0.15, 0.2) is 60.7 Å². The van der Waals surface area contributed by atoms with Gasteiger partial charge in [0, 0.05) is 5.56 Å². The topological polar surface area (TPSA) is 49.4 Å². The van der Waals surface area contributed by atoms with E-state index in [0.29, 0.717) is 19.1 Å². The van der Waals surface area contributed by atoms with Crippen LogP contribution in [-0.2, 0) is 30.3 Å². The van der Waals surface area contributed by atoms with Gasteiger partial charge in [-0.3, -0.25) is 4.90 Å². The Morgan fingerprint density at radius 2 is 1.66 bits per heavy atom. The number of rotatable bonds is 6. The Balaban J connectivity index is 1.39. The minimum absolute atomic E-state index is 0.00166. The fourth-order valence-corrected chi connectivity index (χ4v) is 5.07. The van der Waals surface area contributed by atoms with Crippen LogP contribution in [0.2, 0.25) is 0 Å². The van der Waals surface area contributed by atoms with E-state index in [2.05, 4.69) is 37.8 Å².